The van der Waals surface area contributed by atoms with Gasteiger partial charge in [-0.15, -0.1) is 11.3 Å². The van der Waals surface area contributed by atoms with Crippen LogP contribution in [0.2, 0.25) is 4.34 Å². The Morgan fingerprint density at radius 3 is 2.47 bits per heavy atom. The second kappa shape index (κ2) is 7.65. The van der Waals surface area contributed by atoms with Crippen molar-refractivity contribution in [2.24, 2.45) is 0 Å². The minimum atomic E-state index is 0.673. The van der Waals surface area contributed by atoms with Crippen LogP contribution < -0.4 is 5.32 Å². The lowest BCUT2D eigenvalue weighted by Crippen LogP contribution is -2.16. The summed E-state index contributed by atoms with van der Waals surface area (Å²) in [5.41, 5.74) is 2.50. The van der Waals surface area contributed by atoms with Crippen molar-refractivity contribution in [3.8, 4) is 0 Å². The van der Waals surface area contributed by atoms with Gasteiger partial charge in [0.15, 0.2) is 0 Å². The molecule has 0 atom stereocenters. The molecule has 1 aromatic carbocycles. The van der Waals surface area contributed by atoms with Gasteiger partial charge in [0, 0.05) is 25.1 Å². The Kier molecular flexibility index (Phi) is 5.86. The zero-order chi connectivity index (χ0) is 13.5. The van der Waals surface area contributed by atoms with Crippen LogP contribution in [0.15, 0.2) is 36.4 Å². The number of methoxy groups -OCH3 is 1. The predicted molar refractivity (Wildman–Crippen MR) is 81.9 cm³/mol. The van der Waals surface area contributed by atoms with Crippen molar-refractivity contribution in [1.82, 2.24) is 5.32 Å². The Morgan fingerprint density at radius 1 is 1.11 bits per heavy atom. The van der Waals surface area contributed by atoms with Crippen LogP contribution in [0, 0.1) is 0 Å². The van der Waals surface area contributed by atoms with E-state index in [2.05, 4.69) is 35.6 Å². The zero-order valence-electron chi connectivity index (χ0n) is 11.0. The van der Waals surface area contributed by atoms with Crippen molar-refractivity contribution < 1.29 is 4.74 Å². The van der Waals surface area contributed by atoms with Gasteiger partial charge in [-0.25, -0.2) is 0 Å². The number of rotatable bonds is 7. The first-order valence-electron chi connectivity index (χ1n) is 6.29. The second-order valence-electron chi connectivity index (χ2n) is 4.38. The molecule has 102 valence electrons. The molecule has 0 fully saturated rings. The molecular weight excluding hydrogens is 278 g/mol. The van der Waals surface area contributed by atoms with E-state index >= 15 is 0 Å². The first kappa shape index (κ1) is 14.5. The molecule has 0 saturated heterocycles. The highest BCUT2D eigenvalue weighted by Crippen LogP contribution is 2.21. The minimum absolute atomic E-state index is 0.673. The SMILES string of the molecule is COCc1ccc(CNCCc2ccc(Cl)s2)cc1. The van der Waals surface area contributed by atoms with E-state index in [9.17, 15) is 0 Å². The van der Waals surface area contributed by atoms with Gasteiger partial charge in [-0.2, -0.15) is 0 Å². The van der Waals surface area contributed by atoms with Crippen LogP contribution in [-0.4, -0.2) is 13.7 Å². The number of benzene rings is 1. The zero-order valence-corrected chi connectivity index (χ0v) is 12.6. The van der Waals surface area contributed by atoms with Crippen LogP contribution in [0.5, 0.6) is 0 Å². The average Bonchev–Trinajstić information content (AvgIpc) is 2.83. The van der Waals surface area contributed by atoms with Crippen molar-refractivity contribution in [1.29, 1.82) is 0 Å². The molecule has 4 heteroatoms. The minimum Gasteiger partial charge on any atom is -0.380 e. The normalized spacial score (nSPS) is 10.8. The first-order chi connectivity index (χ1) is 9.28. The van der Waals surface area contributed by atoms with E-state index in [1.54, 1.807) is 18.4 Å². The lowest BCUT2D eigenvalue weighted by Gasteiger charge is -2.05. The largest absolute Gasteiger partial charge is 0.380 e. The monoisotopic (exact) mass is 295 g/mol. The van der Waals surface area contributed by atoms with Gasteiger partial charge in [-0.1, -0.05) is 35.9 Å². The average molecular weight is 296 g/mol. The lowest BCUT2D eigenvalue weighted by molar-refractivity contribution is 0.185. The summed E-state index contributed by atoms with van der Waals surface area (Å²) >= 11 is 7.55. The van der Waals surface area contributed by atoms with Crippen LogP contribution in [0.25, 0.3) is 0 Å². The van der Waals surface area contributed by atoms with Crippen molar-refractivity contribution >= 4 is 22.9 Å². The molecule has 0 aliphatic heterocycles. The maximum atomic E-state index is 5.90. The molecule has 0 bridgehead atoms. The molecule has 0 aliphatic rings. The third-order valence-electron chi connectivity index (χ3n) is 2.84. The van der Waals surface area contributed by atoms with Gasteiger partial charge in [0.1, 0.15) is 0 Å². The molecule has 0 saturated carbocycles. The van der Waals surface area contributed by atoms with E-state index in [-0.39, 0.29) is 0 Å². The molecule has 1 heterocycles. The summed E-state index contributed by atoms with van der Waals surface area (Å²) < 4.78 is 5.96. The van der Waals surface area contributed by atoms with Gasteiger partial charge in [0.2, 0.25) is 0 Å². The van der Waals surface area contributed by atoms with Crippen LogP contribution in [0.1, 0.15) is 16.0 Å². The van der Waals surface area contributed by atoms with Crippen molar-refractivity contribution in [2.75, 3.05) is 13.7 Å². The van der Waals surface area contributed by atoms with E-state index < -0.39 is 0 Å². The molecule has 19 heavy (non-hydrogen) atoms. The van der Waals surface area contributed by atoms with Crippen LogP contribution in [0.3, 0.4) is 0 Å². The van der Waals surface area contributed by atoms with Gasteiger partial charge in [0.05, 0.1) is 10.9 Å². The van der Waals surface area contributed by atoms with Crippen molar-refractivity contribution in [2.45, 2.75) is 19.6 Å². The van der Waals surface area contributed by atoms with Crippen LogP contribution >= 0.6 is 22.9 Å². The van der Waals surface area contributed by atoms with Gasteiger partial charge in [-0.3, -0.25) is 0 Å². The Hall–Kier alpha value is -0.870. The molecule has 0 radical (unpaired) electrons. The van der Waals surface area contributed by atoms with Gasteiger partial charge >= 0.3 is 0 Å². The van der Waals surface area contributed by atoms with E-state index in [1.165, 1.54) is 16.0 Å². The van der Waals surface area contributed by atoms with E-state index in [4.69, 9.17) is 16.3 Å². The maximum absolute atomic E-state index is 5.90. The summed E-state index contributed by atoms with van der Waals surface area (Å²) in [7, 11) is 1.71. The van der Waals surface area contributed by atoms with E-state index in [0.717, 1.165) is 23.8 Å². The standard InChI is InChI=1S/C15H18ClNOS/c1-18-11-13-4-2-12(3-5-13)10-17-9-8-14-6-7-15(16)19-14/h2-7,17H,8-11H2,1H3. The molecule has 1 N–H and O–H groups in total. The summed E-state index contributed by atoms with van der Waals surface area (Å²) in [6.45, 7) is 2.54. The van der Waals surface area contributed by atoms with Crippen LogP contribution in [0.4, 0.5) is 0 Å². The quantitative estimate of drug-likeness (QED) is 0.783. The van der Waals surface area contributed by atoms with Gasteiger partial charge in [0.25, 0.3) is 0 Å². The molecule has 0 unspecified atom stereocenters. The number of hydrogen-bond acceptors (Lipinski definition) is 3. The summed E-state index contributed by atoms with van der Waals surface area (Å²) in [6.07, 6.45) is 1.03. The first-order valence-corrected chi connectivity index (χ1v) is 7.49. The molecule has 1 aromatic heterocycles. The molecule has 0 spiro atoms. The van der Waals surface area contributed by atoms with Crippen molar-refractivity contribution in [3.05, 3.63) is 56.7 Å². The smallest absolute Gasteiger partial charge is 0.0931 e. The van der Waals surface area contributed by atoms with Gasteiger partial charge < -0.3 is 10.1 Å². The fraction of sp³-hybridized carbons (Fsp3) is 0.333. The number of thiophene rings is 1. The summed E-state index contributed by atoms with van der Waals surface area (Å²) in [6, 6.07) is 12.6. The van der Waals surface area contributed by atoms with Crippen LogP contribution in [-0.2, 0) is 24.3 Å². The third kappa shape index (κ3) is 4.96. The third-order valence-corrected chi connectivity index (χ3v) is 4.13. The maximum Gasteiger partial charge on any atom is 0.0931 e. The Bertz CT molecular complexity index is 495. The molecule has 0 aliphatic carbocycles. The number of hydrogen-bond donors (Lipinski definition) is 1. The summed E-state index contributed by atoms with van der Waals surface area (Å²) in [4.78, 5) is 1.33. The molecule has 2 rings (SSSR count). The van der Waals surface area contributed by atoms with E-state index in [1.807, 2.05) is 6.07 Å². The topological polar surface area (TPSA) is 21.3 Å². The predicted octanol–water partition coefficient (Wildman–Crippen LogP) is 3.88. The molecular formula is C15H18ClNOS. The van der Waals surface area contributed by atoms with Gasteiger partial charge in [-0.05, 0) is 29.7 Å². The Balaban J connectivity index is 1.70. The second-order valence-corrected chi connectivity index (χ2v) is 6.18. The molecule has 2 nitrogen and oxygen atoms in total. The van der Waals surface area contributed by atoms with E-state index in [0.29, 0.717) is 6.61 Å². The summed E-state index contributed by atoms with van der Waals surface area (Å²) in [5, 5.41) is 3.44. The summed E-state index contributed by atoms with van der Waals surface area (Å²) in [5.74, 6) is 0. The molecule has 0 amide bonds. The number of nitrogens with one attached hydrogen (secondary N) is 1. The fourth-order valence-electron chi connectivity index (χ4n) is 1.85. The molecule has 2 aromatic rings. The lowest BCUT2D eigenvalue weighted by atomic mass is 10.1. The van der Waals surface area contributed by atoms with Crippen molar-refractivity contribution in [3.63, 3.8) is 0 Å². The number of halogens is 1. The highest BCUT2D eigenvalue weighted by Gasteiger charge is 1.98. The number of ether oxygens (including phenoxy) is 1. The fourth-order valence-corrected chi connectivity index (χ4v) is 2.94. The Morgan fingerprint density at radius 2 is 1.84 bits per heavy atom. The highest BCUT2D eigenvalue weighted by molar-refractivity contribution is 7.16. The Labute approximate surface area is 123 Å². The highest BCUT2D eigenvalue weighted by atomic mass is 35.5.